The molecular weight excluding hydrogens is 438 g/mol. The molecule has 1 heterocycles. The number of carbonyl (C=O) groups is 3. The van der Waals surface area contributed by atoms with Crippen LogP contribution in [0.1, 0.15) is 27.0 Å². The van der Waals surface area contributed by atoms with Crippen LogP contribution in [0.2, 0.25) is 0 Å². The van der Waals surface area contributed by atoms with Gasteiger partial charge in [-0.2, -0.15) is 0 Å². The van der Waals surface area contributed by atoms with Gasteiger partial charge in [-0.25, -0.2) is 4.90 Å². The summed E-state index contributed by atoms with van der Waals surface area (Å²) >= 11 is 6.26. The van der Waals surface area contributed by atoms with Crippen molar-refractivity contribution in [3.05, 3.63) is 99.7 Å². The fourth-order valence-corrected chi connectivity index (χ4v) is 3.73. The smallest absolute Gasteiger partial charge is 0.283 e. The van der Waals surface area contributed by atoms with Crippen molar-refractivity contribution in [2.75, 3.05) is 15.5 Å². The zero-order chi connectivity index (χ0) is 23.7. The molecule has 0 unspecified atom stereocenters. The van der Waals surface area contributed by atoms with Crippen LogP contribution in [0.5, 0.6) is 0 Å². The van der Waals surface area contributed by atoms with Crippen LogP contribution in [0.25, 0.3) is 0 Å². The molecule has 0 saturated heterocycles. The highest BCUT2D eigenvalue weighted by Gasteiger charge is 2.39. The van der Waals surface area contributed by atoms with E-state index in [0.29, 0.717) is 22.6 Å². The highest BCUT2D eigenvalue weighted by Crippen LogP contribution is 2.32. The molecular formula is C26H22ClN3O3. The van der Waals surface area contributed by atoms with E-state index in [-0.39, 0.29) is 16.6 Å². The maximum atomic E-state index is 13.1. The second-order valence-electron chi connectivity index (χ2n) is 7.95. The standard InChI is InChI=1S/C26H22ClN3O3/c1-15-8-11-19(12-9-15)29-24(31)18-5-4-6-20(14-18)28-23-22(27)25(32)30(26(23)33)21-13-16(2)7-10-17(21)3/h4-14,28H,1-3H3,(H,29,31). The lowest BCUT2D eigenvalue weighted by Crippen LogP contribution is -2.33. The Labute approximate surface area is 196 Å². The molecule has 1 aliphatic rings. The highest BCUT2D eigenvalue weighted by atomic mass is 35.5. The predicted molar refractivity (Wildman–Crippen MR) is 130 cm³/mol. The first kappa shape index (κ1) is 22.3. The van der Waals surface area contributed by atoms with Gasteiger partial charge in [0, 0.05) is 16.9 Å². The minimum atomic E-state index is -0.592. The maximum absolute atomic E-state index is 13.1. The van der Waals surface area contributed by atoms with Crippen LogP contribution in [0.15, 0.2) is 77.5 Å². The zero-order valence-corrected chi connectivity index (χ0v) is 19.2. The van der Waals surface area contributed by atoms with Crippen LogP contribution in [0.4, 0.5) is 17.1 Å². The predicted octanol–water partition coefficient (Wildman–Crippen LogP) is 5.30. The summed E-state index contributed by atoms with van der Waals surface area (Å²) in [5.41, 5.74) is 4.78. The van der Waals surface area contributed by atoms with Gasteiger partial charge >= 0.3 is 0 Å². The summed E-state index contributed by atoms with van der Waals surface area (Å²) in [5, 5.41) is 5.57. The zero-order valence-electron chi connectivity index (χ0n) is 18.4. The number of amides is 3. The Morgan fingerprint density at radius 1 is 0.818 bits per heavy atom. The second kappa shape index (κ2) is 8.92. The molecule has 4 rings (SSSR count). The Morgan fingerprint density at radius 3 is 2.24 bits per heavy atom. The average molecular weight is 460 g/mol. The molecule has 3 amide bonds. The van der Waals surface area contributed by atoms with Gasteiger partial charge in [-0.05, 0) is 68.3 Å². The molecule has 0 aromatic heterocycles. The third-order valence-corrected chi connectivity index (χ3v) is 5.69. The minimum Gasteiger partial charge on any atom is -0.350 e. The van der Waals surface area contributed by atoms with Crippen molar-refractivity contribution in [3.8, 4) is 0 Å². The van der Waals surface area contributed by atoms with Gasteiger partial charge in [0.2, 0.25) is 0 Å². The van der Waals surface area contributed by atoms with E-state index in [0.717, 1.165) is 21.6 Å². The molecule has 33 heavy (non-hydrogen) atoms. The third-order valence-electron chi connectivity index (χ3n) is 5.34. The molecule has 0 bridgehead atoms. The largest absolute Gasteiger partial charge is 0.350 e. The first-order valence-corrected chi connectivity index (χ1v) is 10.7. The van der Waals surface area contributed by atoms with Crippen molar-refractivity contribution in [2.24, 2.45) is 0 Å². The Kier molecular flexibility index (Phi) is 6.03. The van der Waals surface area contributed by atoms with Crippen LogP contribution in [-0.2, 0) is 9.59 Å². The number of anilines is 3. The van der Waals surface area contributed by atoms with Crippen LogP contribution < -0.4 is 15.5 Å². The number of nitrogens with one attached hydrogen (secondary N) is 2. The quantitative estimate of drug-likeness (QED) is 0.507. The molecule has 0 atom stereocenters. The van der Waals surface area contributed by atoms with Gasteiger partial charge in [0.1, 0.15) is 10.7 Å². The van der Waals surface area contributed by atoms with E-state index in [2.05, 4.69) is 10.6 Å². The molecule has 0 radical (unpaired) electrons. The van der Waals surface area contributed by atoms with E-state index >= 15 is 0 Å². The normalized spacial score (nSPS) is 13.5. The number of hydrogen-bond donors (Lipinski definition) is 2. The van der Waals surface area contributed by atoms with Crippen molar-refractivity contribution in [2.45, 2.75) is 20.8 Å². The van der Waals surface area contributed by atoms with Crippen molar-refractivity contribution < 1.29 is 14.4 Å². The van der Waals surface area contributed by atoms with Crippen LogP contribution in [0, 0.1) is 20.8 Å². The van der Waals surface area contributed by atoms with Gasteiger partial charge in [0.15, 0.2) is 0 Å². The topological polar surface area (TPSA) is 78.5 Å². The summed E-state index contributed by atoms with van der Waals surface area (Å²) in [6, 6.07) is 19.6. The number of rotatable bonds is 5. The lowest BCUT2D eigenvalue weighted by atomic mass is 10.1. The molecule has 6 nitrogen and oxygen atoms in total. The molecule has 2 N–H and O–H groups in total. The van der Waals surface area contributed by atoms with Crippen molar-refractivity contribution in [1.29, 1.82) is 0 Å². The number of hydrogen-bond acceptors (Lipinski definition) is 4. The van der Waals surface area contributed by atoms with Gasteiger partial charge in [0.25, 0.3) is 17.7 Å². The number of aryl methyl sites for hydroxylation is 3. The van der Waals surface area contributed by atoms with Crippen LogP contribution in [-0.4, -0.2) is 17.7 Å². The van der Waals surface area contributed by atoms with Gasteiger partial charge in [-0.3, -0.25) is 14.4 Å². The number of benzene rings is 3. The number of carbonyl (C=O) groups excluding carboxylic acids is 3. The van der Waals surface area contributed by atoms with Crippen molar-refractivity contribution >= 4 is 46.4 Å². The maximum Gasteiger partial charge on any atom is 0.283 e. The summed E-state index contributed by atoms with van der Waals surface area (Å²) in [7, 11) is 0. The van der Waals surface area contributed by atoms with E-state index in [1.807, 2.05) is 57.2 Å². The Bertz CT molecular complexity index is 1310. The Hall–Kier alpha value is -3.90. The van der Waals surface area contributed by atoms with Crippen LogP contribution >= 0.6 is 11.6 Å². The molecule has 0 saturated carbocycles. The summed E-state index contributed by atoms with van der Waals surface area (Å²) in [6.45, 7) is 5.68. The number of halogens is 1. The number of nitrogens with zero attached hydrogens (tertiary/aromatic N) is 1. The Balaban J connectivity index is 1.56. The summed E-state index contributed by atoms with van der Waals surface area (Å²) < 4.78 is 0. The third kappa shape index (κ3) is 4.52. The monoisotopic (exact) mass is 459 g/mol. The van der Waals surface area contributed by atoms with E-state index in [1.54, 1.807) is 30.3 Å². The summed E-state index contributed by atoms with van der Waals surface area (Å²) in [4.78, 5) is 39.6. The van der Waals surface area contributed by atoms with E-state index in [9.17, 15) is 14.4 Å². The van der Waals surface area contributed by atoms with Gasteiger partial charge in [0.05, 0.1) is 5.69 Å². The van der Waals surface area contributed by atoms with Gasteiger partial charge in [-0.15, -0.1) is 0 Å². The first-order chi connectivity index (χ1) is 15.7. The minimum absolute atomic E-state index is 0.0290. The van der Waals surface area contributed by atoms with Crippen molar-refractivity contribution in [3.63, 3.8) is 0 Å². The molecule has 3 aromatic rings. The molecule has 166 valence electrons. The van der Waals surface area contributed by atoms with E-state index < -0.39 is 11.8 Å². The summed E-state index contributed by atoms with van der Waals surface area (Å²) in [6.07, 6.45) is 0. The van der Waals surface area contributed by atoms with Gasteiger partial charge < -0.3 is 10.6 Å². The fourth-order valence-electron chi connectivity index (χ4n) is 3.51. The highest BCUT2D eigenvalue weighted by molar-refractivity contribution is 6.53. The molecule has 0 aliphatic carbocycles. The lowest BCUT2D eigenvalue weighted by Gasteiger charge is -2.18. The number of imide groups is 1. The van der Waals surface area contributed by atoms with E-state index in [1.165, 1.54) is 0 Å². The molecule has 0 fully saturated rings. The molecule has 1 aliphatic heterocycles. The van der Waals surface area contributed by atoms with Crippen LogP contribution in [0.3, 0.4) is 0 Å². The van der Waals surface area contributed by atoms with Crippen molar-refractivity contribution in [1.82, 2.24) is 0 Å². The second-order valence-corrected chi connectivity index (χ2v) is 8.33. The van der Waals surface area contributed by atoms with Gasteiger partial charge in [-0.1, -0.05) is 47.5 Å². The Morgan fingerprint density at radius 2 is 1.52 bits per heavy atom. The molecule has 7 heteroatoms. The average Bonchev–Trinajstić information content (AvgIpc) is 3.00. The first-order valence-electron chi connectivity index (χ1n) is 10.4. The van der Waals surface area contributed by atoms with E-state index in [4.69, 9.17) is 11.6 Å². The molecule has 0 spiro atoms. The lowest BCUT2D eigenvalue weighted by molar-refractivity contribution is -0.120. The SMILES string of the molecule is Cc1ccc(NC(=O)c2cccc(NC3=C(Cl)C(=O)N(c4cc(C)ccc4C)C3=O)c2)cc1. The molecule has 3 aromatic carbocycles. The fraction of sp³-hybridized carbons (Fsp3) is 0.115. The summed E-state index contributed by atoms with van der Waals surface area (Å²) in [5.74, 6) is -1.44.